The van der Waals surface area contributed by atoms with Gasteiger partial charge in [0.05, 0.1) is 16.6 Å². The van der Waals surface area contributed by atoms with Crippen LogP contribution in [0.2, 0.25) is 0 Å². The maximum absolute atomic E-state index is 11.4. The molecule has 3 aromatic heterocycles. The summed E-state index contributed by atoms with van der Waals surface area (Å²) in [5, 5.41) is 22.1. The molecule has 0 aliphatic carbocycles. The Hall–Kier alpha value is -2.00. The second kappa shape index (κ2) is 4.84. The quantitative estimate of drug-likeness (QED) is 0.790. The Morgan fingerprint density at radius 3 is 2.95 bits per heavy atom. The van der Waals surface area contributed by atoms with Gasteiger partial charge in [0.2, 0.25) is 0 Å². The largest absolute Gasteiger partial charge is 0.478 e. The van der Waals surface area contributed by atoms with E-state index >= 15 is 0 Å². The van der Waals surface area contributed by atoms with Crippen LogP contribution in [0.1, 0.15) is 16.1 Å². The average molecular weight is 307 g/mol. The summed E-state index contributed by atoms with van der Waals surface area (Å²) in [4.78, 5) is 16.2. The first-order chi connectivity index (χ1) is 9.58. The molecule has 3 rings (SSSR count). The third-order valence-corrected chi connectivity index (χ3v) is 4.65. The molecule has 102 valence electrons. The van der Waals surface area contributed by atoms with Crippen molar-refractivity contribution >= 4 is 40.1 Å². The van der Waals surface area contributed by atoms with Crippen molar-refractivity contribution in [2.75, 3.05) is 0 Å². The molecule has 3 aromatic rings. The Kier molecular flexibility index (Phi) is 3.14. The van der Waals surface area contributed by atoms with E-state index in [1.807, 2.05) is 6.92 Å². The number of carboxylic acid groups (broad SMARTS) is 1. The molecular formula is C11H9N5O2S2. The van der Waals surface area contributed by atoms with Gasteiger partial charge in [-0.3, -0.25) is 4.68 Å². The van der Waals surface area contributed by atoms with Crippen molar-refractivity contribution in [3.05, 3.63) is 23.0 Å². The first-order valence-electron chi connectivity index (χ1n) is 5.57. The van der Waals surface area contributed by atoms with Gasteiger partial charge in [0, 0.05) is 18.1 Å². The van der Waals surface area contributed by atoms with Crippen LogP contribution < -0.4 is 0 Å². The van der Waals surface area contributed by atoms with E-state index < -0.39 is 5.97 Å². The Bertz CT molecular complexity index is 797. The summed E-state index contributed by atoms with van der Waals surface area (Å²) in [6.07, 6.45) is 1.36. The van der Waals surface area contributed by atoms with Crippen LogP contribution in [0.4, 0.5) is 0 Å². The molecule has 0 bridgehead atoms. The van der Waals surface area contributed by atoms with Gasteiger partial charge in [-0.2, -0.15) is 5.10 Å². The lowest BCUT2D eigenvalue weighted by Gasteiger charge is -2.05. The molecule has 0 fully saturated rings. The van der Waals surface area contributed by atoms with Gasteiger partial charge in [0.1, 0.15) is 5.51 Å². The fourth-order valence-electron chi connectivity index (χ4n) is 1.93. The molecule has 3 heterocycles. The van der Waals surface area contributed by atoms with Gasteiger partial charge in [0.25, 0.3) is 0 Å². The molecule has 0 saturated heterocycles. The zero-order chi connectivity index (χ0) is 14.3. The predicted molar refractivity (Wildman–Crippen MR) is 74.2 cm³/mol. The van der Waals surface area contributed by atoms with Crippen molar-refractivity contribution in [2.24, 2.45) is 7.05 Å². The van der Waals surface area contributed by atoms with Crippen molar-refractivity contribution in [1.82, 2.24) is 25.0 Å². The first-order valence-corrected chi connectivity index (χ1v) is 7.27. The average Bonchev–Trinajstić information content (AvgIpc) is 2.99. The van der Waals surface area contributed by atoms with Crippen LogP contribution in [0.3, 0.4) is 0 Å². The molecule has 0 aromatic carbocycles. The lowest BCUT2D eigenvalue weighted by atomic mass is 10.2. The van der Waals surface area contributed by atoms with Gasteiger partial charge < -0.3 is 5.11 Å². The van der Waals surface area contributed by atoms with Crippen molar-refractivity contribution in [2.45, 2.75) is 16.2 Å². The molecule has 0 amide bonds. The van der Waals surface area contributed by atoms with E-state index in [4.69, 9.17) is 0 Å². The number of nitrogens with zero attached hydrogens (tertiary/aromatic N) is 5. The van der Waals surface area contributed by atoms with Gasteiger partial charge in [0.15, 0.2) is 9.99 Å². The summed E-state index contributed by atoms with van der Waals surface area (Å²) in [6.45, 7) is 1.83. The monoisotopic (exact) mass is 307 g/mol. The summed E-state index contributed by atoms with van der Waals surface area (Å²) >= 11 is 2.64. The maximum Gasteiger partial charge on any atom is 0.338 e. The minimum absolute atomic E-state index is 0.147. The molecule has 9 heteroatoms. The number of aromatic carboxylic acids is 1. The Morgan fingerprint density at radius 1 is 1.50 bits per heavy atom. The highest BCUT2D eigenvalue weighted by Crippen LogP contribution is 2.37. The Balaban J connectivity index is 2.29. The van der Waals surface area contributed by atoms with Crippen LogP contribution in [0, 0.1) is 6.92 Å². The Labute approximate surface area is 121 Å². The highest BCUT2D eigenvalue weighted by atomic mass is 32.2. The third-order valence-electron chi connectivity index (χ3n) is 2.74. The van der Waals surface area contributed by atoms with E-state index in [1.54, 1.807) is 17.2 Å². The van der Waals surface area contributed by atoms with Crippen LogP contribution in [0.5, 0.6) is 0 Å². The number of rotatable bonds is 3. The van der Waals surface area contributed by atoms with Crippen molar-refractivity contribution in [3.63, 3.8) is 0 Å². The molecule has 0 unspecified atom stereocenters. The second-order valence-electron chi connectivity index (χ2n) is 4.02. The molecule has 1 N–H and O–H groups in total. The van der Waals surface area contributed by atoms with Gasteiger partial charge in [-0.25, -0.2) is 9.78 Å². The number of aromatic nitrogens is 5. The van der Waals surface area contributed by atoms with Crippen molar-refractivity contribution in [1.29, 1.82) is 0 Å². The lowest BCUT2D eigenvalue weighted by molar-refractivity contribution is 0.0693. The van der Waals surface area contributed by atoms with Gasteiger partial charge in [-0.05, 0) is 6.92 Å². The molecule has 0 aliphatic heterocycles. The summed E-state index contributed by atoms with van der Waals surface area (Å²) < 4.78 is 2.32. The van der Waals surface area contributed by atoms with E-state index in [9.17, 15) is 9.90 Å². The summed E-state index contributed by atoms with van der Waals surface area (Å²) in [5.41, 5.74) is 3.15. The van der Waals surface area contributed by atoms with Crippen LogP contribution in [0.25, 0.3) is 11.0 Å². The number of fused-ring (bicyclic) bond motifs is 1. The van der Waals surface area contributed by atoms with E-state index in [0.29, 0.717) is 14.9 Å². The fraction of sp³-hybridized carbons (Fsp3) is 0.182. The summed E-state index contributed by atoms with van der Waals surface area (Å²) in [6, 6.07) is 0. The molecule has 0 radical (unpaired) electrons. The smallest absolute Gasteiger partial charge is 0.338 e. The molecule has 0 saturated carbocycles. The number of aryl methyl sites for hydroxylation is 2. The highest BCUT2D eigenvalue weighted by molar-refractivity contribution is 8.01. The number of hydrogen-bond donors (Lipinski definition) is 1. The molecular weight excluding hydrogens is 298 g/mol. The van der Waals surface area contributed by atoms with Crippen LogP contribution >= 0.6 is 23.1 Å². The standard InChI is InChI=1S/C11H9N5O2S2/c1-5-7-8(20-11-14-13-4-19-11)6(10(17)18)3-12-9(7)16(2)15-5/h3-4H,1-2H3,(H,17,18). The third kappa shape index (κ3) is 2.04. The van der Waals surface area contributed by atoms with Gasteiger partial charge in [-0.1, -0.05) is 23.1 Å². The predicted octanol–water partition coefficient (Wildman–Crippen LogP) is 1.98. The fourth-order valence-corrected chi connectivity index (χ4v) is 3.64. The van der Waals surface area contributed by atoms with Gasteiger partial charge >= 0.3 is 5.97 Å². The molecule has 0 atom stereocenters. The number of pyridine rings is 1. The van der Waals surface area contributed by atoms with Crippen molar-refractivity contribution in [3.8, 4) is 0 Å². The molecule has 20 heavy (non-hydrogen) atoms. The molecule has 7 nitrogen and oxygen atoms in total. The van der Waals surface area contributed by atoms with E-state index in [2.05, 4.69) is 20.3 Å². The first kappa shape index (κ1) is 13.0. The van der Waals surface area contributed by atoms with Crippen LogP contribution in [-0.4, -0.2) is 36.0 Å². The highest BCUT2D eigenvalue weighted by Gasteiger charge is 2.21. The lowest BCUT2D eigenvalue weighted by Crippen LogP contribution is -2.01. The molecule has 0 spiro atoms. The number of carboxylic acids is 1. The second-order valence-corrected chi connectivity index (χ2v) is 6.11. The molecule has 0 aliphatic rings. The summed E-state index contributed by atoms with van der Waals surface area (Å²) in [5.74, 6) is -1.02. The van der Waals surface area contributed by atoms with E-state index in [-0.39, 0.29) is 5.56 Å². The topological polar surface area (TPSA) is 93.8 Å². The minimum Gasteiger partial charge on any atom is -0.478 e. The van der Waals surface area contributed by atoms with E-state index in [0.717, 1.165) is 11.1 Å². The summed E-state index contributed by atoms with van der Waals surface area (Å²) in [7, 11) is 1.78. The van der Waals surface area contributed by atoms with Gasteiger partial charge in [-0.15, -0.1) is 10.2 Å². The number of hydrogen-bond acceptors (Lipinski definition) is 7. The Morgan fingerprint density at radius 2 is 2.30 bits per heavy atom. The normalized spacial score (nSPS) is 11.1. The van der Waals surface area contributed by atoms with Crippen molar-refractivity contribution < 1.29 is 9.90 Å². The van der Waals surface area contributed by atoms with Crippen LogP contribution in [0.15, 0.2) is 20.9 Å². The van der Waals surface area contributed by atoms with Crippen LogP contribution in [-0.2, 0) is 7.05 Å². The SMILES string of the molecule is Cc1nn(C)c2ncc(C(=O)O)c(Sc3nncs3)c12. The number of carbonyl (C=O) groups is 1. The maximum atomic E-state index is 11.4. The zero-order valence-electron chi connectivity index (χ0n) is 10.6. The zero-order valence-corrected chi connectivity index (χ0v) is 12.2. The van der Waals surface area contributed by atoms with E-state index in [1.165, 1.54) is 29.3 Å². The minimum atomic E-state index is -1.02.